The highest BCUT2D eigenvalue weighted by atomic mass is 79.9. The maximum absolute atomic E-state index is 13.4. The molecule has 242 valence electrons. The summed E-state index contributed by atoms with van der Waals surface area (Å²) in [5.74, 6) is -2.40. The summed E-state index contributed by atoms with van der Waals surface area (Å²) in [6, 6.07) is 24.7. The minimum absolute atomic E-state index is 0.0123. The van der Waals surface area contributed by atoms with Crippen LogP contribution in [0.2, 0.25) is 0 Å². The largest absolute Gasteiger partial charge is 0.494 e. The lowest BCUT2D eigenvalue weighted by molar-refractivity contribution is -0.159. The van der Waals surface area contributed by atoms with Gasteiger partial charge in [-0.3, -0.25) is 4.72 Å². The van der Waals surface area contributed by atoms with Gasteiger partial charge in [-0.15, -0.1) is 0 Å². The first-order valence-corrected chi connectivity index (χ1v) is 17.1. The first kappa shape index (κ1) is 35.0. The Morgan fingerprint density at radius 2 is 1.57 bits per heavy atom. The maximum Gasteiger partial charge on any atom is 0.414 e. The molecule has 1 aliphatic rings. The van der Waals surface area contributed by atoms with Crippen molar-refractivity contribution in [3.05, 3.63) is 116 Å². The molecule has 0 aromatic heterocycles. The Hall–Kier alpha value is -3.91. The molecule has 0 radical (unpaired) electrons. The number of rotatable bonds is 9. The van der Waals surface area contributed by atoms with Gasteiger partial charge in [-0.25, -0.2) is 18.0 Å². The molecular formula is C33H32Br2N2O8S. The Balaban J connectivity index is 0.000000731. The van der Waals surface area contributed by atoms with Crippen molar-refractivity contribution in [2.45, 2.75) is 37.3 Å². The van der Waals surface area contributed by atoms with E-state index >= 15 is 0 Å². The van der Waals surface area contributed by atoms with E-state index in [1.807, 2.05) is 49.4 Å². The number of methoxy groups -OCH3 is 1. The summed E-state index contributed by atoms with van der Waals surface area (Å²) in [5, 5.41) is 18.4. The van der Waals surface area contributed by atoms with Gasteiger partial charge in [0.25, 0.3) is 10.0 Å². The second-order valence-corrected chi connectivity index (χ2v) is 13.8. The molecule has 4 N–H and O–H groups in total. The third-order valence-electron chi connectivity index (χ3n) is 7.10. The number of hydrogen-bond acceptors (Lipinski definition) is 7. The fourth-order valence-corrected chi connectivity index (χ4v) is 7.54. The third kappa shape index (κ3) is 9.09. The van der Waals surface area contributed by atoms with Gasteiger partial charge < -0.3 is 25.0 Å². The lowest BCUT2D eigenvalue weighted by Gasteiger charge is -2.29. The molecule has 5 rings (SSSR count). The summed E-state index contributed by atoms with van der Waals surface area (Å²) < 4.78 is 43.1. The Kier molecular flexibility index (Phi) is 11.8. The van der Waals surface area contributed by atoms with Crippen molar-refractivity contribution < 1.29 is 37.7 Å². The average molecular weight is 777 g/mol. The van der Waals surface area contributed by atoms with Gasteiger partial charge >= 0.3 is 11.9 Å². The van der Waals surface area contributed by atoms with Crippen molar-refractivity contribution in [2.24, 2.45) is 0 Å². The number of fused-ring (bicyclic) bond motifs is 1. The predicted molar refractivity (Wildman–Crippen MR) is 181 cm³/mol. The Bertz CT molecular complexity index is 1780. The summed E-state index contributed by atoms with van der Waals surface area (Å²) >= 11 is 7.21. The predicted octanol–water partition coefficient (Wildman–Crippen LogP) is 6.49. The number of carbonyl (C=O) groups is 2. The molecule has 1 atom stereocenters. The topological polar surface area (TPSA) is 151 Å². The minimum atomic E-state index is -3.83. The highest BCUT2D eigenvalue weighted by Crippen LogP contribution is 2.39. The van der Waals surface area contributed by atoms with Crippen molar-refractivity contribution in [1.82, 2.24) is 5.32 Å². The minimum Gasteiger partial charge on any atom is -0.494 e. The zero-order valence-electron chi connectivity index (χ0n) is 24.9. The zero-order chi connectivity index (χ0) is 33.4. The number of ether oxygens (including phenoxy) is 2. The lowest BCUT2D eigenvalue weighted by Crippen LogP contribution is -2.31. The standard InChI is InChI=1S/C31H30Br2N2O4S.C2H2O4/c1-20-8-10-24(11-9-20)40(36,37)35-29-18-25-23(17-30(29)39-19-21-6-4-3-5-7-21)12-13-34-28(25)16-22-14-26(32)31(38-2)27(33)15-22;3-1(4)2(5)6/h3-11,14-15,17-18,28,34-35H,12-13,16,19H2,1-2H3;(H,3,4)(H,5,6). The molecule has 0 amide bonds. The van der Waals surface area contributed by atoms with Crippen LogP contribution in [0.5, 0.6) is 11.5 Å². The van der Waals surface area contributed by atoms with E-state index in [2.05, 4.69) is 54.0 Å². The van der Waals surface area contributed by atoms with E-state index in [1.54, 1.807) is 31.4 Å². The van der Waals surface area contributed by atoms with Crippen molar-refractivity contribution >= 4 is 59.5 Å². The van der Waals surface area contributed by atoms with Crippen LogP contribution in [0.3, 0.4) is 0 Å². The van der Waals surface area contributed by atoms with Crippen molar-refractivity contribution in [1.29, 1.82) is 0 Å². The first-order chi connectivity index (χ1) is 21.9. The molecular weight excluding hydrogens is 744 g/mol. The number of sulfonamides is 1. The summed E-state index contributed by atoms with van der Waals surface area (Å²) in [6.07, 6.45) is 1.52. The van der Waals surface area contributed by atoms with Crippen molar-refractivity contribution in [3.8, 4) is 11.5 Å². The monoisotopic (exact) mass is 774 g/mol. The summed E-state index contributed by atoms with van der Waals surface area (Å²) in [6.45, 7) is 3.06. The number of carboxylic acid groups (broad SMARTS) is 2. The maximum atomic E-state index is 13.4. The molecule has 1 heterocycles. The molecule has 10 nitrogen and oxygen atoms in total. The smallest absolute Gasteiger partial charge is 0.414 e. The van der Waals surface area contributed by atoms with Gasteiger partial charge in [0.15, 0.2) is 0 Å². The summed E-state index contributed by atoms with van der Waals surface area (Å²) in [4.78, 5) is 18.4. The van der Waals surface area contributed by atoms with Crippen LogP contribution in [0, 0.1) is 6.92 Å². The first-order valence-electron chi connectivity index (χ1n) is 14.0. The van der Waals surface area contributed by atoms with Gasteiger partial charge in [-0.05, 0) is 117 Å². The molecule has 1 aliphatic heterocycles. The number of benzene rings is 4. The van der Waals surface area contributed by atoms with Crippen molar-refractivity contribution in [3.63, 3.8) is 0 Å². The van der Waals surface area contributed by atoms with Gasteiger partial charge in [0.1, 0.15) is 18.1 Å². The number of aliphatic carboxylic acids is 2. The van der Waals surface area contributed by atoms with Crippen LogP contribution in [0.4, 0.5) is 5.69 Å². The Morgan fingerprint density at radius 3 is 2.15 bits per heavy atom. The number of aryl methyl sites for hydroxylation is 1. The van der Waals surface area contributed by atoms with Crippen molar-refractivity contribution in [2.75, 3.05) is 18.4 Å². The van der Waals surface area contributed by atoms with E-state index in [-0.39, 0.29) is 10.9 Å². The molecule has 0 saturated heterocycles. The van der Waals surface area contributed by atoms with Crippen LogP contribution in [-0.4, -0.2) is 44.2 Å². The van der Waals surface area contributed by atoms with Crippen LogP contribution in [-0.2, 0) is 39.1 Å². The normalized spacial score (nSPS) is 13.9. The second-order valence-electron chi connectivity index (χ2n) is 10.4. The second kappa shape index (κ2) is 15.6. The summed E-state index contributed by atoms with van der Waals surface area (Å²) in [7, 11) is -2.20. The molecule has 0 saturated carbocycles. The molecule has 4 aromatic carbocycles. The van der Waals surface area contributed by atoms with Gasteiger partial charge in [-0.1, -0.05) is 48.0 Å². The van der Waals surface area contributed by atoms with Gasteiger partial charge in [0.2, 0.25) is 0 Å². The Labute approximate surface area is 284 Å². The molecule has 1 unspecified atom stereocenters. The quantitative estimate of drug-likeness (QED) is 0.140. The molecule has 4 aromatic rings. The SMILES string of the molecule is COc1c(Br)cc(CC2NCCc3cc(OCc4ccccc4)c(NS(=O)(=O)c4ccc(C)cc4)cc32)cc1Br.O=C(O)C(=O)O. The number of halogens is 2. The lowest BCUT2D eigenvalue weighted by atomic mass is 9.89. The van der Waals surface area contributed by atoms with Crippen LogP contribution >= 0.6 is 31.9 Å². The number of hydrogen-bond donors (Lipinski definition) is 4. The molecule has 0 fully saturated rings. The summed E-state index contributed by atoms with van der Waals surface area (Å²) in [5.41, 5.74) is 5.70. The molecule has 0 aliphatic carbocycles. The van der Waals surface area contributed by atoms with E-state index < -0.39 is 22.0 Å². The third-order valence-corrected chi connectivity index (χ3v) is 9.66. The molecule has 0 bridgehead atoms. The highest BCUT2D eigenvalue weighted by molar-refractivity contribution is 9.11. The van der Waals surface area contributed by atoms with Gasteiger partial charge in [0, 0.05) is 6.04 Å². The van der Waals surface area contributed by atoms with E-state index in [0.29, 0.717) is 24.5 Å². The van der Waals surface area contributed by atoms with Crippen LogP contribution < -0.4 is 19.5 Å². The zero-order valence-corrected chi connectivity index (χ0v) is 28.9. The molecule has 0 spiro atoms. The van der Waals surface area contributed by atoms with Crippen LogP contribution in [0.1, 0.15) is 33.9 Å². The average Bonchev–Trinajstić information content (AvgIpc) is 3.01. The number of anilines is 1. The van der Waals surface area contributed by atoms with E-state index in [0.717, 1.165) is 55.5 Å². The van der Waals surface area contributed by atoms with E-state index in [4.69, 9.17) is 29.3 Å². The fourth-order valence-electron chi connectivity index (χ4n) is 4.87. The molecule has 13 heteroatoms. The van der Waals surface area contributed by atoms with Crippen LogP contribution in [0.15, 0.2) is 92.7 Å². The number of nitrogens with one attached hydrogen (secondary N) is 2. The van der Waals surface area contributed by atoms with E-state index in [1.165, 1.54) is 0 Å². The Morgan fingerprint density at radius 1 is 0.935 bits per heavy atom. The van der Waals surface area contributed by atoms with Gasteiger partial charge in [-0.2, -0.15) is 0 Å². The highest BCUT2D eigenvalue weighted by Gasteiger charge is 2.25. The van der Waals surface area contributed by atoms with Gasteiger partial charge in [0.05, 0.1) is 26.6 Å². The van der Waals surface area contributed by atoms with Crippen LogP contribution in [0.25, 0.3) is 0 Å². The number of carboxylic acids is 2. The van der Waals surface area contributed by atoms with E-state index in [9.17, 15) is 8.42 Å². The fraction of sp³-hybridized carbons (Fsp3) is 0.212. The molecule has 46 heavy (non-hydrogen) atoms.